The molecule has 15 nitrogen and oxygen atoms in total. The fourth-order valence-electron chi connectivity index (χ4n) is 7.47. The third-order valence-corrected chi connectivity index (χ3v) is 12.2. The minimum absolute atomic E-state index is 0.00948. The van der Waals surface area contributed by atoms with E-state index in [9.17, 15) is 19.2 Å². The molecule has 0 unspecified atom stereocenters. The number of carbonyl (C=O) groups is 4. The molecular formula is C61H78Cl2N4O11. The summed E-state index contributed by atoms with van der Waals surface area (Å²) in [7, 11) is 1.36. The van der Waals surface area contributed by atoms with E-state index in [4.69, 9.17) is 56.4 Å². The van der Waals surface area contributed by atoms with Gasteiger partial charge in [-0.05, 0) is 96.2 Å². The average Bonchev–Trinajstić information content (AvgIpc) is 3.50. The number of carbonyl (C=O) groups excluding carboxylic acids is 4. The highest BCUT2D eigenvalue weighted by atomic mass is 35.5. The van der Waals surface area contributed by atoms with Gasteiger partial charge >= 0.3 is 0 Å². The van der Waals surface area contributed by atoms with Crippen LogP contribution in [0.1, 0.15) is 147 Å². The van der Waals surface area contributed by atoms with Crippen molar-refractivity contribution in [3.8, 4) is 40.2 Å². The third kappa shape index (κ3) is 18.1. The number of hydrogen-bond acceptors (Lipinski definition) is 11. The van der Waals surface area contributed by atoms with Crippen molar-refractivity contribution in [2.75, 3.05) is 68.0 Å². The van der Waals surface area contributed by atoms with Gasteiger partial charge in [-0.1, -0.05) is 100 Å². The lowest BCUT2D eigenvalue weighted by Gasteiger charge is -2.21. The number of hydrogen-bond donors (Lipinski definition) is 4. The molecule has 0 aliphatic rings. The van der Waals surface area contributed by atoms with Crippen LogP contribution in [0, 0.1) is 23.7 Å². The topological polar surface area (TPSA) is 181 Å². The molecule has 0 aliphatic carbocycles. The van der Waals surface area contributed by atoms with E-state index in [2.05, 4.69) is 35.1 Å². The number of ether oxygens (including phenoxy) is 7. The molecule has 4 N–H and O–H groups in total. The fraction of sp³-hybridized carbons (Fsp3) is 0.443. The number of rotatable bonds is 31. The van der Waals surface area contributed by atoms with Gasteiger partial charge in [-0.25, -0.2) is 0 Å². The van der Waals surface area contributed by atoms with Crippen LogP contribution in [-0.2, 0) is 11.8 Å². The summed E-state index contributed by atoms with van der Waals surface area (Å²) in [6, 6.07) is 21.5. The monoisotopic (exact) mass is 1110 g/mol. The summed E-state index contributed by atoms with van der Waals surface area (Å²) in [5.74, 6) is 0.475. The molecule has 17 heteroatoms. The number of methoxy groups -OCH3 is 1. The van der Waals surface area contributed by atoms with Crippen molar-refractivity contribution >= 4 is 69.6 Å². The molecule has 0 aromatic heterocycles. The van der Waals surface area contributed by atoms with Crippen LogP contribution in [0.15, 0.2) is 78.9 Å². The molecule has 0 aliphatic heterocycles. The molecule has 0 saturated heterocycles. The second kappa shape index (κ2) is 30.9. The Morgan fingerprint density at radius 1 is 0.423 bits per heavy atom. The first-order valence-electron chi connectivity index (χ1n) is 26.8. The van der Waals surface area contributed by atoms with E-state index in [1.165, 1.54) is 19.2 Å². The number of benzene rings is 5. The minimum Gasteiger partial charge on any atom is -0.495 e. The Kier molecular flexibility index (Phi) is 24.6. The van der Waals surface area contributed by atoms with Crippen molar-refractivity contribution in [2.24, 2.45) is 23.7 Å². The zero-order chi connectivity index (χ0) is 56.9. The molecule has 5 rings (SSSR count). The number of halogens is 2. The van der Waals surface area contributed by atoms with E-state index in [0.717, 1.165) is 36.8 Å². The van der Waals surface area contributed by atoms with Gasteiger partial charge in [0.25, 0.3) is 23.6 Å². The van der Waals surface area contributed by atoms with Crippen LogP contribution in [0.5, 0.6) is 40.2 Å². The molecule has 0 saturated carbocycles. The normalized spacial score (nSPS) is 11.1. The quantitative estimate of drug-likeness (QED) is 0.0245. The predicted octanol–water partition coefficient (Wildman–Crippen LogP) is 14.7. The first kappa shape index (κ1) is 62.0. The highest BCUT2D eigenvalue weighted by Crippen LogP contribution is 2.41. The predicted molar refractivity (Wildman–Crippen MR) is 312 cm³/mol. The van der Waals surface area contributed by atoms with Crippen molar-refractivity contribution in [2.45, 2.75) is 107 Å². The maximum atomic E-state index is 14.6. The Morgan fingerprint density at radius 2 is 0.744 bits per heavy atom. The molecule has 4 amide bonds. The van der Waals surface area contributed by atoms with Crippen molar-refractivity contribution in [3.63, 3.8) is 0 Å². The van der Waals surface area contributed by atoms with Gasteiger partial charge in [-0.3, -0.25) is 19.2 Å². The van der Waals surface area contributed by atoms with E-state index in [-0.39, 0.29) is 111 Å². The van der Waals surface area contributed by atoms with Gasteiger partial charge in [0.1, 0.15) is 40.2 Å². The van der Waals surface area contributed by atoms with Crippen LogP contribution < -0.4 is 54.4 Å². The summed E-state index contributed by atoms with van der Waals surface area (Å²) >= 11 is 12.4. The first-order valence-corrected chi connectivity index (χ1v) is 27.9. The summed E-state index contributed by atoms with van der Waals surface area (Å²) in [5, 5.41) is 11.9. The van der Waals surface area contributed by atoms with E-state index < -0.39 is 23.6 Å². The molecular weight excluding hydrogens is 1040 g/mol. The summed E-state index contributed by atoms with van der Waals surface area (Å²) in [6.07, 6.45) is 3.41. The van der Waals surface area contributed by atoms with Crippen LogP contribution in [0.25, 0.3) is 0 Å². The maximum Gasteiger partial charge on any atom is 0.259 e. The largest absolute Gasteiger partial charge is 0.495 e. The Labute approximate surface area is 470 Å². The van der Waals surface area contributed by atoms with Gasteiger partial charge in [0.05, 0.1) is 91.8 Å². The zero-order valence-corrected chi connectivity index (χ0v) is 48.6. The second-order valence-electron chi connectivity index (χ2n) is 20.5. The SMILES string of the molecule is CCCCOc1ccc(CCl)cc1C(=O)Nc1cc(NC(=O)c2cccc(C(=O)Nc3cc(NC(=O)c4cc(CCl)ccc4OCCCC)c(OCC(C)C)cc3OCC(C)C)c2OC)c(OCC(C)C)cc1OCC(C)C. The maximum absolute atomic E-state index is 14.6. The number of anilines is 4. The zero-order valence-electron chi connectivity index (χ0n) is 47.0. The minimum atomic E-state index is -0.653. The molecule has 0 fully saturated rings. The molecule has 5 aromatic carbocycles. The highest BCUT2D eigenvalue weighted by molar-refractivity contribution is 6.18. The molecule has 0 bridgehead atoms. The molecule has 0 atom stereocenters. The summed E-state index contributed by atoms with van der Waals surface area (Å²) in [4.78, 5) is 57.8. The van der Waals surface area contributed by atoms with E-state index in [0.29, 0.717) is 49.4 Å². The fourth-order valence-corrected chi connectivity index (χ4v) is 7.80. The first-order chi connectivity index (χ1) is 37.4. The second-order valence-corrected chi connectivity index (χ2v) is 21.1. The van der Waals surface area contributed by atoms with E-state index in [1.54, 1.807) is 54.6 Å². The van der Waals surface area contributed by atoms with Gasteiger partial charge in [-0.2, -0.15) is 0 Å². The third-order valence-electron chi connectivity index (χ3n) is 11.6. The molecule has 0 heterocycles. The number of amides is 4. The van der Waals surface area contributed by atoms with Crippen LogP contribution >= 0.6 is 23.2 Å². The number of para-hydroxylation sites is 1. The van der Waals surface area contributed by atoms with Gasteiger partial charge < -0.3 is 54.4 Å². The van der Waals surface area contributed by atoms with Crippen molar-refractivity contribution in [3.05, 3.63) is 112 Å². The standard InChI is InChI=1S/C61H78Cl2N4O11/c1-12-14-23-73-51-21-19-41(31-62)25-45(51)60(70)66-49-27-47(53(75-33-37(3)4)29-55(49)77-35-39(7)8)64-58(68)43-17-16-18-44(57(43)72-11)59(69)65-48-28-50(56(78-36-40(9)10)30-54(48)76-34-38(5)6)67-61(71)46-26-42(32-63)20-22-52(46)74-24-15-13-2/h16-22,25-30,37-40H,12-15,23-24,31-36H2,1-11H3,(H,64,68)(H,65,69)(H,66,70)(H,67,71). The van der Waals surface area contributed by atoms with Crippen LogP contribution in [-0.4, -0.2) is 70.4 Å². The number of unbranched alkanes of at least 4 members (excludes halogenated alkanes) is 2. The Morgan fingerprint density at radius 3 is 1.03 bits per heavy atom. The lowest BCUT2D eigenvalue weighted by molar-refractivity contribution is 0.101. The number of alkyl halides is 2. The molecule has 0 spiro atoms. The Balaban J connectivity index is 1.55. The highest BCUT2D eigenvalue weighted by Gasteiger charge is 2.26. The Bertz CT molecular complexity index is 2630. The van der Waals surface area contributed by atoms with Crippen molar-refractivity contribution < 1.29 is 52.3 Å². The molecule has 0 radical (unpaired) electrons. The van der Waals surface area contributed by atoms with Crippen molar-refractivity contribution in [1.82, 2.24) is 0 Å². The van der Waals surface area contributed by atoms with Gasteiger partial charge in [-0.15, -0.1) is 23.2 Å². The Hall–Kier alpha value is -6.84. The van der Waals surface area contributed by atoms with Gasteiger partial charge in [0.2, 0.25) is 0 Å². The van der Waals surface area contributed by atoms with E-state index >= 15 is 0 Å². The molecule has 78 heavy (non-hydrogen) atoms. The summed E-state index contributed by atoms with van der Waals surface area (Å²) in [5.41, 5.74) is 2.92. The van der Waals surface area contributed by atoms with Gasteiger partial charge in [0.15, 0.2) is 0 Å². The number of nitrogens with one attached hydrogen (secondary N) is 4. The van der Waals surface area contributed by atoms with Crippen LogP contribution in [0.4, 0.5) is 22.7 Å². The molecule has 5 aromatic rings. The van der Waals surface area contributed by atoms with Crippen LogP contribution in [0.2, 0.25) is 0 Å². The smallest absolute Gasteiger partial charge is 0.259 e. The lowest BCUT2D eigenvalue weighted by Crippen LogP contribution is -2.20. The van der Waals surface area contributed by atoms with Crippen molar-refractivity contribution in [1.29, 1.82) is 0 Å². The van der Waals surface area contributed by atoms with E-state index in [1.807, 2.05) is 67.5 Å². The summed E-state index contributed by atoms with van der Waals surface area (Å²) < 4.78 is 43.1. The van der Waals surface area contributed by atoms with Crippen LogP contribution in [0.3, 0.4) is 0 Å². The average molecular weight is 1110 g/mol. The summed E-state index contributed by atoms with van der Waals surface area (Å²) in [6.45, 7) is 22.1. The molecule has 422 valence electrons. The van der Waals surface area contributed by atoms with Gasteiger partial charge in [0, 0.05) is 23.9 Å². The lowest BCUT2D eigenvalue weighted by atomic mass is 10.1.